The molecule has 0 aliphatic carbocycles. The minimum absolute atomic E-state index is 0.273. The highest BCUT2D eigenvalue weighted by Crippen LogP contribution is 2.13. The molecular weight excluding hydrogens is 550 g/mol. The van der Waals surface area contributed by atoms with Crippen LogP contribution in [0.25, 0.3) is 0 Å². The van der Waals surface area contributed by atoms with E-state index in [1.807, 2.05) is 0 Å². The minimum Gasteiger partial charge on any atom is -0.387 e. The highest BCUT2D eigenvalue weighted by atomic mass is 32.2. The summed E-state index contributed by atoms with van der Waals surface area (Å²) in [5.74, 6) is -1.55. The van der Waals surface area contributed by atoms with Crippen molar-refractivity contribution >= 4 is 16.0 Å². The van der Waals surface area contributed by atoms with Gasteiger partial charge in [-0.2, -0.15) is 8.42 Å². The van der Waals surface area contributed by atoms with Gasteiger partial charge in [0.25, 0.3) is 10.1 Å². The molecule has 0 aromatic rings. The van der Waals surface area contributed by atoms with Crippen molar-refractivity contribution in [3.63, 3.8) is 0 Å². The number of aliphatic hydroxyl groups excluding tert-OH is 2. The summed E-state index contributed by atoms with van der Waals surface area (Å²) in [6.45, 7) is 4.38. The average molecular weight is 614 g/mol. The largest absolute Gasteiger partial charge is 0.387 e. The molecule has 0 fully saturated rings. The van der Waals surface area contributed by atoms with Crippen molar-refractivity contribution in [3.8, 4) is 0 Å². The van der Waals surface area contributed by atoms with E-state index in [1.165, 1.54) is 70.3 Å². The minimum atomic E-state index is -4.43. The van der Waals surface area contributed by atoms with Gasteiger partial charge in [-0.15, -0.1) is 0 Å². The van der Waals surface area contributed by atoms with Crippen molar-refractivity contribution in [3.05, 3.63) is 36.5 Å². The molecule has 0 bridgehead atoms. The van der Waals surface area contributed by atoms with Crippen molar-refractivity contribution < 1.29 is 28.0 Å². The van der Waals surface area contributed by atoms with E-state index in [9.17, 15) is 28.0 Å². The summed E-state index contributed by atoms with van der Waals surface area (Å²) in [5.41, 5.74) is 0. The van der Waals surface area contributed by atoms with E-state index in [2.05, 4.69) is 43.5 Å². The molecule has 3 atom stereocenters. The lowest BCUT2D eigenvalue weighted by molar-refractivity contribution is -0.130. The molecule has 1 amide bonds. The van der Waals surface area contributed by atoms with Crippen LogP contribution in [0.3, 0.4) is 0 Å². The van der Waals surface area contributed by atoms with E-state index in [0.29, 0.717) is 6.42 Å². The Balaban J connectivity index is 4.04. The van der Waals surface area contributed by atoms with Gasteiger partial charge in [-0.25, -0.2) is 0 Å². The summed E-state index contributed by atoms with van der Waals surface area (Å²) in [6.07, 6.45) is 32.2. The van der Waals surface area contributed by atoms with E-state index in [0.717, 1.165) is 57.8 Å². The van der Waals surface area contributed by atoms with Gasteiger partial charge in [0, 0.05) is 0 Å². The van der Waals surface area contributed by atoms with Gasteiger partial charge in [0.1, 0.15) is 6.10 Å². The first kappa shape index (κ1) is 40.5. The molecule has 246 valence electrons. The van der Waals surface area contributed by atoms with Crippen LogP contribution in [0.1, 0.15) is 149 Å². The smallest absolute Gasteiger partial charge is 0.267 e. The Morgan fingerprint density at radius 2 is 1.10 bits per heavy atom. The first-order valence-corrected chi connectivity index (χ1v) is 18.4. The number of nitrogens with one attached hydrogen (secondary N) is 1. The number of amides is 1. The molecule has 7 nitrogen and oxygen atoms in total. The van der Waals surface area contributed by atoms with Crippen molar-refractivity contribution in [1.82, 2.24) is 5.32 Å². The maximum Gasteiger partial charge on any atom is 0.267 e. The zero-order valence-electron chi connectivity index (χ0n) is 26.7. The van der Waals surface area contributed by atoms with Gasteiger partial charge in [-0.3, -0.25) is 9.35 Å². The molecule has 8 heteroatoms. The van der Waals surface area contributed by atoms with E-state index >= 15 is 0 Å². The summed E-state index contributed by atoms with van der Waals surface area (Å²) in [6, 6.07) is -1.23. The molecule has 0 aromatic carbocycles. The quantitative estimate of drug-likeness (QED) is 0.0293. The Morgan fingerprint density at radius 1 is 0.667 bits per heavy atom. The van der Waals surface area contributed by atoms with E-state index < -0.39 is 40.0 Å². The Kier molecular flexibility index (Phi) is 27.3. The Hall–Kier alpha value is -1.48. The fraction of sp³-hybridized carbons (Fsp3) is 0.794. The number of aliphatic hydroxyl groups is 2. The second-order valence-electron chi connectivity index (χ2n) is 11.6. The Morgan fingerprint density at radius 3 is 1.62 bits per heavy atom. The van der Waals surface area contributed by atoms with Gasteiger partial charge >= 0.3 is 0 Å². The van der Waals surface area contributed by atoms with Crippen molar-refractivity contribution in [2.24, 2.45) is 0 Å². The predicted molar refractivity (Wildman–Crippen MR) is 176 cm³/mol. The van der Waals surface area contributed by atoms with Crippen LogP contribution in [0, 0.1) is 0 Å². The third-order valence-electron chi connectivity index (χ3n) is 7.45. The molecule has 0 aliphatic rings. The summed E-state index contributed by atoms with van der Waals surface area (Å²) in [4.78, 5) is 12.5. The van der Waals surface area contributed by atoms with Crippen LogP contribution in [0.2, 0.25) is 0 Å². The summed E-state index contributed by atoms with van der Waals surface area (Å²) < 4.78 is 32.1. The van der Waals surface area contributed by atoms with Gasteiger partial charge < -0.3 is 15.5 Å². The van der Waals surface area contributed by atoms with Gasteiger partial charge in [-0.1, -0.05) is 140 Å². The number of rotatable bonds is 29. The lowest BCUT2D eigenvalue weighted by Gasteiger charge is -2.22. The summed E-state index contributed by atoms with van der Waals surface area (Å²) >= 11 is 0. The average Bonchev–Trinajstić information content (AvgIpc) is 2.94. The number of carbonyl (C=O) groups is 1. The van der Waals surface area contributed by atoms with Crippen LogP contribution in [0.5, 0.6) is 0 Å². The predicted octanol–water partition coefficient (Wildman–Crippen LogP) is 7.98. The van der Waals surface area contributed by atoms with E-state index in [4.69, 9.17) is 0 Å². The van der Waals surface area contributed by atoms with Crippen LogP contribution in [0.15, 0.2) is 36.5 Å². The fourth-order valence-electron chi connectivity index (χ4n) is 4.80. The lowest BCUT2D eigenvalue weighted by atomic mass is 10.0. The SMILES string of the molecule is CCCCC/C=C\C=C/CCCCCCCCCCCC(O)C(=O)NC(CS(=O)(=O)O)C(O)/C=C/CCCCCCC. The molecule has 0 aliphatic heterocycles. The van der Waals surface area contributed by atoms with E-state index in [-0.39, 0.29) is 6.42 Å². The van der Waals surface area contributed by atoms with Crippen LogP contribution < -0.4 is 5.32 Å². The molecule has 0 saturated heterocycles. The molecule has 0 heterocycles. The molecule has 3 unspecified atom stereocenters. The highest BCUT2D eigenvalue weighted by Gasteiger charge is 2.27. The van der Waals surface area contributed by atoms with Crippen molar-refractivity contribution in [2.45, 2.75) is 167 Å². The second-order valence-corrected chi connectivity index (χ2v) is 13.1. The number of hydrogen-bond acceptors (Lipinski definition) is 5. The molecule has 0 spiro atoms. The Bertz CT molecular complexity index is 824. The van der Waals surface area contributed by atoms with Gasteiger partial charge in [-0.05, 0) is 44.9 Å². The Labute approximate surface area is 258 Å². The number of hydrogen-bond donors (Lipinski definition) is 4. The normalized spacial score (nSPS) is 14.7. The molecular formula is C34H63NO6S. The molecule has 42 heavy (non-hydrogen) atoms. The fourth-order valence-corrected chi connectivity index (χ4v) is 5.53. The molecule has 0 saturated carbocycles. The van der Waals surface area contributed by atoms with Crippen molar-refractivity contribution in [1.29, 1.82) is 0 Å². The first-order valence-electron chi connectivity index (χ1n) is 16.8. The maximum absolute atomic E-state index is 12.5. The van der Waals surface area contributed by atoms with Crippen LogP contribution >= 0.6 is 0 Å². The molecule has 4 N–H and O–H groups in total. The van der Waals surface area contributed by atoms with Crippen LogP contribution in [-0.4, -0.2) is 53.1 Å². The lowest BCUT2D eigenvalue weighted by Crippen LogP contribution is -2.50. The highest BCUT2D eigenvalue weighted by molar-refractivity contribution is 7.85. The third kappa shape index (κ3) is 27.4. The van der Waals surface area contributed by atoms with Crippen LogP contribution in [0.4, 0.5) is 0 Å². The van der Waals surface area contributed by atoms with E-state index in [1.54, 1.807) is 6.08 Å². The second kappa shape index (κ2) is 28.3. The van der Waals surface area contributed by atoms with Gasteiger partial charge in [0.05, 0.1) is 17.9 Å². The monoisotopic (exact) mass is 613 g/mol. The first-order chi connectivity index (χ1) is 20.2. The molecule has 0 radical (unpaired) electrons. The zero-order valence-corrected chi connectivity index (χ0v) is 27.5. The summed E-state index contributed by atoms with van der Waals surface area (Å²) in [5, 5.41) is 23.1. The molecule has 0 rings (SSSR count). The number of carbonyl (C=O) groups excluding carboxylic acids is 1. The van der Waals surface area contributed by atoms with Crippen LogP contribution in [-0.2, 0) is 14.9 Å². The number of unbranched alkanes of at least 4 members (excludes halogenated alkanes) is 17. The summed E-state index contributed by atoms with van der Waals surface area (Å²) in [7, 11) is -4.43. The van der Waals surface area contributed by atoms with Crippen molar-refractivity contribution in [2.75, 3.05) is 5.75 Å². The topological polar surface area (TPSA) is 124 Å². The number of allylic oxidation sites excluding steroid dienone is 5. The van der Waals surface area contributed by atoms with Gasteiger partial charge in [0.15, 0.2) is 0 Å². The van der Waals surface area contributed by atoms with Gasteiger partial charge in [0.2, 0.25) is 5.91 Å². The molecule has 0 aromatic heterocycles. The standard InChI is InChI=1S/C34H63NO6S/c1-3-5-7-9-11-12-13-14-15-16-17-18-19-20-21-23-25-27-29-33(37)34(38)35-31(30-42(39,40)41)32(36)28-26-24-22-10-8-6-4-2/h11-14,26,28,31-33,36-37H,3-10,15-25,27,29-30H2,1-2H3,(H,35,38)(H,39,40,41)/b12-11-,14-13-,28-26+. The maximum atomic E-state index is 12.5. The zero-order chi connectivity index (χ0) is 31.3. The third-order valence-corrected chi connectivity index (χ3v) is 8.23.